The number of benzene rings is 2. The molecule has 25 heavy (non-hydrogen) atoms. The first kappa shape index (κ1) is 13.1. The highest BCUT2D eigenvalue weighted by Gasteiger charge is 2.16. The largest absolute Gasteiger partial charge is 0.336 e. The lowest BCUT2D eigenvalue weighted by atomic mass is 10.1. The van der Waals surface area contributed by atoms with E-state index in [-0.39, 0.29) is 21.4 Å². The molecule has 2 aromatic carbocycles. The van der Waals surface area contributed by atoms with Crippen LogP contribution in [-0.4, -0.2) is 14.8 Å². The summed E-state index contributed by atoms with van der Waals surface area (Å²) in [4.78, 5) is 4.10. The van der Waals surface area contributed by atoms with Crippen molar-refractivity contribution in [2.45, 2.75) is 29.4 Å². The van der Waals surface area contributed by atoms with Gasteiger partial charge in [0.25, 0.3) is 0 Å². The summed E-state index contributed by atoms with van der Waals surface area (Å²) >= 11 is 19.1. The molecule has 0 saturated heterocycles. The van der Waals surface area contributed by atoms with Gasteiger partial charge in [0.2, 0.25) is 0 Å². The van der Waals surface area contributed by atoms with E-state index >= 15 is 0 Å². The molecule has 0 saturated carbocycles. The zero-order chi connectivity index (χ0) is 22.2. The van der Waals surface area contributed by atoms with Crippen molar-refractivity contribution in [3.8, 4) is 0 Å². The van der Waals surface area contributed by atoms with Gasteiger partial charge < -0.3 is 4.57 Å². The first-order valence-corrected chi connectivity index (χ1v) is 9.29. The fourth-order valence-corrected chi connectivity index (χ4v) is 3.59. The SMILES string of the molecule is [2H]C([2H])(Cc1ccc(Cl)cc1)[C@@]([2H])(Sc1c(Cl)cccc1Cl)C([2H])([2H])n1ccnc1. The van der Waals surface area contributed by atoms with Gasteiger partial charge in [-0.2, -0.15) is 0 Å². The Balaban J connectivity index is 2.12. The lowest BCUT2D eigenvalue weighted by Gasteiger charge is -2.19. The number of hydrogen-bond acceptors (Lipinski definition) is 2. The highest BCUT2D eigenvalue weighted by atomic mass is 35.5. The van der Waals surface area contributed by atoms with Crippen LogP contribution in [0.5, 0.6) is 0 Å². The van der Waals surface area contributed by atoms with E-state index in [9.17, 15) is 0 Å². The van der Waals surface area contributed by atoms with Crippen LogP contribution in [0, 0.1) is 0 Å². The van der Waals surface area contributed by atoms with Crippen LogP contribution >= 0.6 is 46.6 Å². The van der Waals surface area contributed by atoms with Gasteiger partial charge in [-0.15, -0.1) is 11.8 Å². The van der Waals surface area contributed by atoms with Crippen molar-refractivity contribution < 1.29 is 6.85 Å². The average Bonchev–Trinajstić information content (AvgIpc) is 3.22. The summed E-state index contributed by atoms with van der Waals surface area (Å²) in [7, 11) is 0. The Morgan fingerprint density at radius 1 is 1.12 bits per heavy atom. The summed E-state index contributed by atoms with van der Waals surface area (Å²) in [5, 5.41) is -1.46. The first-order chi connectivity index (χ1) is 14.0. The van der Waals surface area contributed by atoms with Gasteiger partial charge in [-0.1, -0.05) is 53.0 Å². The van der Waals surface area contributed by atoms with Gasteiger partial charge in [0.15, 0.2) is 0 Å². The highest BCUT2D eigenvalue weighted by molar-refractivity contribution is 8.00. The lowest BCUT2D eigenvalue weighted by Crippen LogP contribution is -2.13. The first-order valence-electron chi connectivity index (χ1n) is 9.84. The van der Waals surface area contributed by atoms with Gasteiger partial charge in [-0.05, 0) is 42.6 Å². The van der Waals surface area contributed by atoms with Gasteiger partial charge >= 0.3 is 0 Å². The molecule has 3 rings (SSSR count). The zero-order valence-corrected chi connectivity index (χ0v) is 16.0. The maximum Gasteiger partial charge on any atom is 0.0946 e. The molecule has 1 heterocycles. The van der Waals surface area contributed by atoms with Crippen LogP contribution in [0.15, 0.2) is 66.1 Å². The molecule has 130 valence electrons. The molecular weight excluding hydrogens is 395 g/mol. The third kappa shape index (κ3) is 5.42. The van der Waals surface area contributed by atoms with Crippen LogP contribution in [0.1, 0.15) is 18.8 Å². The van der Waals surface area contributed by atoms with E-state index in [0.29, 0.717) is 22.3 Å². The molecule has 0 aliphatic rings. The summed E-state index contributed by atoms with van der Waals surface area (Å²) in [6.45, 7) is -2.51. The molecule has 1 atom stereocenters. The number of aryl methyl sites for hydroxylation is 1. The van der Waals surface area contributed by atoms with Gasteiger partial charge in [0.1, 0.15) is 0 Å². The quantitative estimate of drug-likeness (QED) is 0.402. The van der Waals surface area contributed by atoms with Crippen LogP contribution < -0.4 is 0 Å². The zero-order valence-electron chi connectivity index (χ0n) is 17.9. The molecule has 0 bridgehead atoms. The molecule has 0 unspecified atom stereocenters. The average molecular weight is 417 g/mol. The maximum atomic E-state index is 9.15. The van der Waals surface area contributed by atoms with E-state index in [0.717, 1.165) is 4.57 Å². The molecule has 0 fully saturated rings. The fraction of sp³-hybridized carbons (Fsp3) is 0.211. The number of hydrogen-bond donors (Lipinski definition) is 0. The monoisotopic (exact) mass is 415 g/mol. The topological polar surface area (TPSA) is 17.8 Å². The molecule has 0 spiro atoms. The second-order valence-corrected chi connectivity index (χ2v) is 7.32. The van der Waals surface area contributed by atoms with Gasteiger partial charge in [0, 0.05) is 38.1 Å². The molecule has 0 aliphatic carbocycles. The van der Waals surface area contributed by atoms with Crippen LogP contribution in [0.4, 0.5) is 0 Å². The Morgan fingerprint density at radius 2 is 1.84 bits per heavy atom. The molecule has 2 nitrogen and oxygen atoms in total. The van der Waals surface area contributed by atoms with Crippen molar-refractivity contribution in [3.63, 3.8) is 0 Å². The standard InChI is InChI=1S/C19H17Cl3N2S/c20-15-7-4-14(5-8-15)6-9-16(12-24-11-10-23-13-24)25-19-17(21)2-1-3-18(19)22/h1-5,7-8,10-11,13,16H,6,9,12H2/t16-/m1/s1/i9D2,12D2,16D. The summed E-state index contributed by atoms with van der Waals surface area (Å²) in [5.74, 6) is 0. The van der Waals surface area contributed by atoms with Crippen molar-refractivity contribution in [2.24, 2.45) is 0 Å². The summed E-state index contributed by atoms with van der Waals surface area (Å²) in [5.41, 5.74) is 0.577. The molecule has 0 aliphatic heterocycles. The lowest BCUT2D eigenvalue weighted by molar-refractivity contribution is 0.624. The molecule has 6 heteroatoms. The molecule has 1 aromatic heterocycles. The van der Waals surface area contributed by atoms with E-state index in [1.807, 2.05) is 0 Å². The van der Waals surface area contributed by atoms with Crippen LogP contribution in [0.25, 0.3) is 0 Å². The minimum absolute atomic E-state index is 0.216. The summed E-state index contributed by atoms with van der Waals surface area (Å²) in [6, 6.07) is 11.3. The number of aromatic nitrogens is 2. The molecule has 3 aromatic rings. The smallest absolute Gasteiger partial charge is 0.0946 e. The van der Waals surface area contributed by atoms with Crippen LogP contribution in [-0.2, 0) is 12.9 Å². The number of thioether (sulfide) groups is 1. The predicted molar refractivity (Wildman–Crippen MR) is 108 cm³/mol. The van der Waals surface area contributed by atoms with E-state index in [1.54, 1.807) is 42.5 Å². The second-order valence-electron chi connectivity index (χ2n) is 5.04. The second kappa shape index (κ2) is 9.00. The Bertz CT molecular complexity index is 995. The van der Waals surface area contributed by atoms with Gasteiger partial charge in [-0.3, -0.25) is 0 Å². The molecule has 0 radical (unpaired) electrons. The van der Waals surface area contributed by atoms with E-state index in [2.05, 4.69) is 4.98 Å². The van der Waals surface area contributed by atoms with Crippen molar-refractivity contribution >= 4 is 46.6 Å². The molecule has 0 amide bonds. The van der Waals surface area contributed by atoms with Crippen molar-refractivity contribution in [3.05, 3.63) is 81.8 Å². The Hall–Kier alpha value is -1.13. The van der Waals surface area contributed by atoms with Crippen molar-refractivity contribution in [1.29, 1.82) is 0 Å². The minimum atomic E-state index is -2.51. The Labute approximate surface area is 174 Å². The fourth-order valence-electron chi connectivity index (χ4n) is 2.01. The Kier molecular flexibility index (Phi) is 4.71. The number of nitrogens with zero attached hydrogens (tertiary/aromatic N) is 2. The number of halogens is 3. The predicted octanol–water partition coefficient (Wildman–Crippen LogP) is 6.64. The summed E-state index contributed by atoms with van der Waals surface area (Å²) < 4.78 is 45.2. The van der Waals surface area contributed by atoms with E-state index in [1.165, 1.54) is 18.7 Å². The Morgan fingerprint density at radius 3 is 2.48 bits per heavy atom. The summed E-state index contributed by atoms with van der Waals surface area (Å²) in [6.07, 6.45) is 1.37. The third-order valence-electron chi connectivity index (χ3n) is 3.22. The normalized spacial score (nSPS) is 17.6. The molecular formula is C19H17Cl3N2S. The minimum Gasteiger partial charge on any atom is -0.336 e. The van der Waals surface area contributed by atoms with Gasteiger partial charge in [0.05, 0.1) is 19.1 Å². The van der Waals surface area contributed by atoms with Crippen LogP contribution in [0.2, 0.25) is 15.1 Å². The van der Waals surface area contributed by atoms with Crippen molar-refractivity contribution in [2.75, 3.05) is 0 Å². The highest BCUT2D eigenvalue weighted by Crippen LogP contribution is 2.38. The van der Waals surface area contributed by atoms with Gasteiger partial charge in [-0.25, -0.2) is 4.98 Å². The number of rotatable bonds is 7. The van der Waals surface area contributed by atoms with E-state index < -0.39 is 18.1 Å². The third-order valence-corrected chi connectivity index (χ3v) is 5.41. The maximum absolute atomic E-state index is 9.15. The molecule has 0 N–H and O–H groups in total. The number of imidazole rings is 1. The van der Waals surface area contributed by atoms with E-state index in [4.69, 9.17) is 41.7 Å². The van der Waals surface area contributed by atoms with Crippen molar-refractivity contribution in [1.82, 2.24) is 9.55 Å². The van der Waals surface area contributed by atoms with Crippen LogP contribution in [0.3, 0.4) is 0 Å².